The molecular weight excluding hydrogens is 252 g/mol. The van der Waals surface area contributed by atoms with E-state index in [0.29, 0.717) is 29.8 Å². The SMILES string of the molecule is Cc1nc(C)c(C(=O)NCC2CCCC(Cl)C2)o1. The van der Waals surface area contributed by atoms with E-state index in [1.165, 1.54) is 0 Å². The summed E-state index contributed by atoms with van der Waals surface area (Å²) >= 11 is 6.13. The van der Waals surface area contributed by atoms with E-state index in [4.69, 9.17) is 16.0 Å². The fraction of sp³-hybridized carbons (Fsp3) is 0.692. The van der Waals surface area contributed by atoms with Crippen LogP contribution in [-0.2, 0) is 0 Å². The molecule has 1 N–H and O–H groups in total. The van der Waals surface area contributed by atoms with Gasteiger partial charge in [-0.1, -0.05) is 6.42 Å². The van der Waals surface area contributed by atoms with Crippen molar-refractivity contribution < 1.29 is 9.21 Å². The monoisotopic (exact) mass is 270 g/mol. The third kappa shape index (κ3) is 3.25. The van der Waals surface area contributed by atoms with Crippen molar-refractivity contribution in [2.24, 2.45) is 5.92 Å². The second-order valence-electron chi connectivity index (χ2n) is 4.99. The van der Waals surface area contributed by atoms with Crippen LogP contribution in [0, 0.1) is 19.8 Å². The van der Waals surface area contributed by atoms with Crippen molar-refractivity contribution >= 4 is 17.5 Å². The van der Waals surface area contributed by atoms with Crippen molar-refractivity contribution in [2.45, 2.75) is 44.9 Å². The highest BCUT2D eigenvalue weighted by Gasteiger charge is 2.22. The zero-order valence-electron chi connectivity index (χ0n) is 10.8. The minimum Gasteiger partial charge on any atom is -0.436 e. The molecule has 100 valence electrons. The molecule has 5 heteroatoms. The summed E-state index contributed by atoms with van der Waals surface area (Å²) in [6, 6.07) is 0. The molecule has 0 saturated heterocycles. The van der Waals surface area contributed by atoms with Gasteiger partial charge in [-0.25, -0.2) is 4.98 Å². The average molecular weight is 271 g/mol. The van der Waals surface area contributed by atoms with Gasteiger partial charge in [0.25, 0.3) is 5.91 Å². The molecule has 4 nitrogen and oxygen atoms in total. The second-order valence-corrected chi connectivity index (χ2v) is 5.60. The smallest absolute Gasteiger partial charge is 0.289 e. The van der Waals surface area contributed by atoms with Crippen LogP contribution < -0.4 is 5.32 Å². The van der Waals surface area contributed by atoms with Crippen LogP contribution in [0.25, 0.3) is 0 Å². The van der Waals surface area contributed by atoms with Crippen LogP contribution in [0.4, 0.5) is 0 Å². The molecule has 0 spiro atoms. The lowest BCUT2D eigenvalue weighted by molar-refractivity contribution is 0.0913. The molecule has 1 fully saturated rings. The highest BCUT2D eigenvalue weighted by atomic mass is 35.5. The van der Waals surface area contributed by atoms with Gasteiger partial charge in [0.15, 0.2) is 5.89 Å². The van der Waals surface area contributed by atoms with Gasteiger partial charge >= 0.3 is 0 Å². The Morgan fingerprint density at radius 1 is 1.50 bits per heavy atom. The number of hydrogen-bond donors (Lipinski definition) is 1. The van der Waals surface area contributed by atoms with Crippen molar-refractivity contribution in [2.75, 3.05) is 6.54 Å². The molecule has 1 heterocycles. The number of aryl methyl sites for hydroxylation is 2. The Morgan fingerprint density at radius 3 is 2.89 bits per heavy atom. The summed E-state index contributed by atoms with van der Waals surface area (Å²) in [6.07, 6.45) is 4.36. The number of nitrogens with one attached hydrogen (secondary N) is 1. The minimum absolute atomic E-state index is 0.176. The fourth-order valence-corrected chi connectivity index (χ4v) is 2.88. The quantitative estimate of drug-likeness (QED) is 0.860. The van der Waals surface area contributed by atoms with Crippen molar-refractivity contribution in [3.63, 3.8) is 0 Å². The molecular formula is C13H19ClN2O2. The van der Waals surface area contributed by atoms with Gasteiger partial charge in [-0.2, -0.15) is 0 Å². The number of rotatable bonds is 3. The van der Waals surface area contributed by atoms with Gasteiger partial charge in [-0.15, -0.1) is 11.6 Å². The van der Waals surface area contributed by atoms with Gasteiger partial charge in [0.1, 0.15) is 0 Å². The van der Waals surface area contributed by atoms with Crippen LogP contribution in [0.5, 0.6) is 0 Å². The molecule has 1 saturated carbocycles. The number of carbonyl (C=O) groups is 1. The van der Waals surface area contributed by atoms with E-state index in [0.717, 1.165) is 25.7 Å². The highest BCUT2D eigenvalue weighted by molar-refractivity contribution is 6.20. The van der Waals surface area contributed by atoms with E-state index in [2.05, 4.69) is 10.3 Å². The zero-order valence-corrected chi connectivity index (χ0v) is 11.6. The van der Waals surface area contributed by atoms with Gasteiger partial charge in [-0.05, 0) is 32.1 Å². The van der Waals surface area contributed by atoms with E-state index in [-0.39, 0.29) is 11.3 Å². The van der Waals surface area contributed by atoms with Gasteiger partial charge < -0.3 is 9.73 Å². The first kappa shape index (κ1) is 13.4. The number of nitrogens with zero attached hydrogens (tertiary/aromatic N) is 1. The zero-order chi connectivity index (χ0) is 13.1. The van der Waals surface area contributed by atoms with Crippen LogP contribution in [0.1, 0.15) is 47.8 Å². The molecule has 1 aromatic heterocycles. The number of alkyl halides is 1. The highest BCUT2D eigenvalue weighted by Crippen LogP contribution is 2.27. The van der Waals surface area contributed by atoms with Crippen LogP contribution in [-0.4, -0.2) is 22.8 Å². The van der Waals surface area contributed by atoms with E-state index in [1.54, 1.807) is 13.8 Å². The van der Waals surface area contributed by atoms with Crippen molar-refractivity contribution in [3.8, 4) is 0 Å². The first-order valence-electron chi connectivity index (χ1n) is 6.42. The van der Waals surface area contributed by atoms with E-state index in [9.17, 15) is 4.79 Å². The number of carbonyl (C=O) groups excluding carboxylic acids is 1. The summed E-state index contributed by atoms with van der Waals surface area (Å²) in [5.74, 6) is 1.15. The maximum absolute atomic E-state index is 11.9. The number of aromatic nitrogens is 1. The Kier molecular flexibility index (Phi) is 4.27. The molecule has 0 bridgehead atoms. The molecule has 1 aliphatic rings. The number of hydrogen-bond acceptors (Lipinski definition) is 3. The topological polar surface area (TPSA) is 55.1 Å². The third-order valence-electron chi connectivity index (χ3n) is 3.38. The Hall–Kier alpha value is -1.03. The Labute approximate surface area is 112 Å². The van der Waals surface area contributed by atoms with E-state index in [1.807, 2.05) is 0 Å². The van der Waals surface area contributed by atoms with Gasteiger partial charge in [0.05, 0.1) is 5.69 Å². The largest absolute Gasteiger partial charge is 0.436 e. The van der Waals surface area contributed by atoms with Crippen molar-refractivity contribution in [1.29, 1.82) is 0 Å². The fourth-order valence-electron chi connectivity index (χ4n) is 2.47. The molecule has 1 aromatic rings. The summed E-state index contributed by atoms with van der Waals surface area (Å²) in [5.41, 5.74) is 0.642. The van der Waals surface area contributed by atoms with Crippen LogP contribution in [0.2, 0.25) is 0 Å². The summed E-state index contributed by atoms with van der Waals surface area (Å²) in [6.45, 7) is 4.19. The van der Waals surface area contributed by atoms with Crippen molar-refractivity contribution in [3.05, 3.63) is 17.3 Å². The number of amides is 1. The van der Waals surface area contributed by atoms with Crippen LogP contribution >= 0.6 is 11.6 Å². The first-order chi connectivity index (χ1) is 8.56. The first-order valence-corrected chi connectivity index (χ1v) is 6.86. The maximum atomic E-state index is 11.9. The molecule has 2 atom stereocenters. The lowest BCUT2D eigenvalue weighted by atomic mass is 9.89. The van der Waals surface area contributed by atoms with Crippen molar-refractivity contribution in [1.82, 2.24) is 10.3 Å². The molecule has 0 aromatic carbocycles. The molecule has 2 unspecified atom stereocenters. The van der Waals surface area contributed by atoms with Crippen LogP contribution in [0.15, 0.2) is 4.42 Å². The number of oxazole rings is 1. The third-order valence-corrected chi connectivity index (χ3v) is 3.78. The predicted octanol–water partition coefficient (Wildman–Crippen LogP) is 2.82. The normalized spacial score (nSPS) is 23.9. The average Bonchev–Trinajstić information content (AvgIpc) is 2.66. The maximum Gasteiger partial charge on any atom is 0.289 e. The Morgan fingerprint density at radius 2 is 2.28 bits per heavy atom. The van der Waals surface area contributed by atoms with Crippen LogP contribution in [0.3, 0.4) is 0 Å². The van der Waals surface area contributed by atoms with Gasteiger partial charge in [0, 0.05) is 18.8 Å². The Balaban J connectivity index is 1.86. The molecule has 18 heavy (non-hydrogen) atoms. The molecule has 0 radical (unpaired) electrons. The molecule has 2 rings (SSSR count). The van der Waals surface area contributed by atoms with Gasteiger partial charge in [0.2, 0.25) is 5.76 Å². The molecule has 1 amide bonds. The summed E-state index contributed by atoms with van der Waals surface area (Å²) in [7, 11) is 0. The molecule has 0 aliphatic heterocycles. The van der Waals surface area contributed by atoms with E-state index >= 15 is 0 Å². The lowest BCUT2D eigenvalue weighted by Crippen LogP contribution is -2.32. The summed E-state index contributed by atoms with van der Waals surface area (Å²) in [5, 5.41) is 3.17. The van der Waals surface area contributed by atoms with E-state index < -0.39 is 0 Å². The Bertz CT molecular complexity index is 431. The summed E-state index contributed by atoms with van der Waals surface area (Å²) in [4.78, 5) is 16.0. The number of halogens is 1. The lowest BCUT2D eigenvalue weighted by Gasteiger charge is -2.25. The minimum atomic E-state index is -0.176. The molecule has 1 aliphatic carbocycles. The summed E-state index contributed by atoms with van der Waals surface area (Å²) < 4.78 is 5.29. The second kappa shape index (κ2) is 5.74. The van der Waals surface area contributed by atoms with Gasteiger partial charge in [-0.3, -0.25) is 4.79 Å². The standard InChI is InChI=1S/C13H19ClN2O2/c1-8-12(18-9(2)16-8)13(17)15-7-10-4-3-5-11(14)6-10/h10-11H,3-7H2,1-2H3,(H,15,17). The predicted molar refractivity (Wildman–Crippen MR) is 69.9 cm³/mol.